The van der Waals surface area contributed by atoms with Gasteiger partial charge in [-0.25, -0.2) is 4.79 Å². The molecule has 1 aromatic carbocycles. The predicted molar refractivity (Wildman–Crippen MR) is 81.1 cm³/mol. The highest BCUT2D eigenvalue weighted by atomic mass is 19.4. The molecule has 25 heavy (non-hydrogen) atoms. The number of halogens is 3. The molecule has 1 aliphatic carbocycles. The number of hydrogen-bond acceptors (Lipinski definition) is 4. The summed E-state index contributed by atoms with van der Waals surface area (Å²) in [5.41, 5.74) is 0.842. The monoisotopic (exact) mass is 353 g/mol. The second-order valence-electron chi connectivity index (χ2n) is 5.76. The van der Waals surface area contributed by atoms with Crippen LogP contribution in [0.15, 0.2) is 30.5 Å². The summed E-state index contributed by atoms with van der Waals surface area (Å²) in [5, 5.41) is 9.25. The fourth-order valence-electron chi connectivity index (χ4n) is 2.35. The number of aryl methyl sites for hydroxylation is 1. The van der Waals surface area contributed by atoms with E-state index in [1.807, 2.05) is 0 Å². The zero-order valence-corrected chi connectivity index (χ0v) is 13.1. The van der Waals surface area contributed by atoms with E-state index >= 15 is 0 Å². The zero-order valence-electron chi connectivity index (χ0n) is 13.1. The molecule has 5 nitrogen and oxygen atoms in total. The van der Waals surface area contributed by atoms with E-state index in [0.29, 0.717) is 5.92 Å². The van der Waals surface area contributed by atoms with Gasteiger partial charge in [-0.2, -0.15) is 0 Å². The van der Waals surface area contributed by atoms with Gasteiger partial charge < -0.3 is 14.6 Å². The molecule has 8 heteroatoms. The minimum atomic E-state index is -4.78. The van der Waals surface area contributed by atoms with E-state index < -0.39 is 12.3 Å². The van der Waals surface area contributed by atoms with Crippen LogP contribution in [0.3, 0.4) is 0 Å². The topological polar surface area (TPSA) is 68.7 Å². The van der Waals surface area contributed by atoms with Crippen molar-refractivity contribution in [2.75, 3.05) is 0 Å². The first-order valence-electron chi connectivity index (χ1n) is 7.50. The minimum absolute atomic E-state index is 0.105. The number of aromatic nitrogens is 1. The average Bonchev–Trinajstić information content (AvgIpc) is 3.33. The molecular weight excluding hydrogens is 339 g/mol. The van der Waals surface area contributed by atoms with E-state index in [0.717, 1.165) is 24.6 Å². The Hall–Kier alpha value is -2.77. The van der Waals surface area contributed by atoms with Crippen molar-refractivity contribution in [1.29, 1.82) is 0 Å². The normalized spacial score (nSPS) is 14.2. The summed E-state index contributed by atoms with van der Waals surface area (Å²) in [7, 11) is 0. The first-order chi connectivity index (χ1) is 11.7. The van der Waals surface area contributed by atoms with E-state index in [4.69, 9.17) is 4.74 Å². The van der Waals surface area contributed by atoms with Gasteiger partial charge in [-0.05, 0) is 43.5 Å². The molecule has 0 atom stereocenters. The fraction of sp³-hybridized carbons (Fsp3) is 0.294. The summed E-state index contributed by atoms with van der Waals surface area (Å²) in [6.07, 6.45) is -1.57. The molecule has 0 radical (unpaired) electrons. The Morgan fingerprint density at radius 1 is 1.24 bits per heavy atom. The predicted octanol–water partition coefficient (Wildman–Crippen LogP) is 4.66. The molecule has 132 valence electrons. The van der Waals surface area contributed by atoms with Gasteiger partial charge in [-0.15, -0.1) is 13.2 Å². The molecule has 1 heterocycles. The van der Waals surface area contributed by atoms with Gasteiger partial charge in [-0.3, -0.25) is 4.98 Å². The molecule has 0 amide bonds. The summed E-state index contributed by atoms with van der Waals surface area (Å²) in [5.74, 6) is -0.921. The Bertz CT molecular complexity index is 816. The number of pyridine rings is 1. The van der Waals surface area contributed by atoms with E-state index in [2.05, 4.69) is 9.72 Å². The summed E-state index contributed by atoms with van der Waals surface area (Å²) < 4.78 is 46.4. The van der Waals surface area contributed by atoms with E-state index in [9.17, 15) is 23.1 Å². The number of rotatable bonds is 5. The molecule has 1 aromatic heterocycles. The molecule has 1 N–H and O–H groups in total. The van der Waals surface area contributed by atoms with Crippen molar-refractivity contribution < 1.29 is 32.5 Å². The molecule has 0 unspecified atom stereocenters. The molecular formula is C17H14F3NO4. The van der Waals surface area contributed by atoms with Gasteiger partial charge in [0.25, 0.3) is 0 Å². The maximum absolute atomic E-state index is 12.3. The van der Waals surface area contributed by atoms with Crippen LogP contribution in [-0.4, -0.2) is 22.4 Å². The van der Waals surface area contributed by atoms with Gasteiger partial charge in [0.15, 0.2) is 0 Å². The SMILES string of the molecule is Cc1cc(Oc2cc(C3CC3)ncc2C(=O)O)ccc1OC(F)(F)F. The summed E-state index contributed by atoms with van der Waals surface area (Å²) >= 11 is 0. The third-order valence-corrected chi connectivity index (χ3v) is 3.71. The largest absolute Gasteiger partial charge is 0.573 e. The molecule has 0 aliphatic heterocycles. The standard InChI is InChI=1S/C17H14F3NO4/c1-9-6-11(4-5-14(9)25-17(18,19)20)24-15-7-13(10-2-3-10)21-8-12(15)16(22)23/h4-8,10H,2-3H2,1H3,(H,22,23). The second-order valence-corrected chi connectivity index (χ2v) is 5.76. The Balaban J connectivity index is 1.87. The van der Waals surface area contributed by atoms with Gasteiger partial charge in [0, 0.05) is 23.9 Å². The van der Waals surface area contributed by atoms with E-state index in [1.54, 1.807) is 6.07 Å². The molecule has 3 rings (SSSR count). The van der Waals surface area contributed by atoms with Crippen LogP contribution in [0.1, 0.15) is 40.4 Å². The Morgan fingerprint density at radius 3 is 2.52 bits per heavy atom. The van der Waals surface area contributed by atoms with E-state index in [1.165, 1.54) is 25.3 Å². The van der Waals surface area contributed by atoms with Crippen LogP contribution in [0.4, 0.5) is 13.2 Å². The van der Waals surface area contributed by atoms with Gasteiger partial charge in [0.1, 0.15) is 22.8 Å². The lowest BCUT2D eigenvalue weighted by Crippen LogP contribution is -2.17. The number of alkyl halides is 3. The Labute approximate surface area is 141 Å². The third kappa shape index (κ3) is 4.20. The first-order valence-corrected chi connectivity index (χ1v) is 7.50. The summed E-state index contributed by atoms with van der Waals surface area (Å²) in [6.45, 7) is 1.44. The number of hydrogen-bond donors (Lipinski definition) is 1. The van der Waals surface area contributed by atoms with Gasteiger partial charge in [0.2, 0.25) is 0 Å². The highest BCUT2D eigenvalue weighted by molar-refractivity contribution is 5.90. The maximum Gasteiger partial charge on any atom is 0.573 e. The van der Waals surface area contributed by atoms with Crippen molar-refractivity contribution in [3.63, 3.8) is 0 Å². The third-order valence-electron chi connectivity index (χ3n) is 3.71. The maximum atomic E-state index is 12.3. The Morgan fingerprint density at radius 2 is 1.96 bits per heavy atom. The van der Waals surface area contributed by atoms with Gasteiger partial charge >= 0.3 is 12.3 Å². The molecule has 1 fully saturated rings. The number of ether oxygens (including phenoxy) is 2. The van der Waals surface area contributed by atoms with Crippen molar-refractivity contribution in [1.82, 2.24) is 4.98 Å². The van der Waals surface area contributed by atoms with Crippen LogP contribution in [0, 0.1) is 6.92 Å². The number of carboxylic acids is 1. The Kier molecular flexibility index (Phi) is 4.28. The summed E-state index contributed by atoms with van der Waals surface area (Å²) in [6, 6.07) is 5.33. The number of carbonyl (C=O) groups is 1. The second kappa shape index (κ2) is 6.27. The number of carboxylic acid groups (broad SMARTS) is 1. The molecule has 1 aliphatic rings. The number of nitrogens with zero attached hydrogens (tertiary/aromatic N) is 1. The van der Waals surface area contributed by atoms with Gasteiger partial charge in [0.05, 0.1) is 0 Å². The van der Waals surface area contributed by atoms with Crippen LogP contribution in [0.2, 0.25) is 0 Å². The van der Waals surface area contributed by atoms with Gasteiger partial charge in [-0.1, -0.05) is 0 Å². The van der Waals surface area contributed by atoms with Crippen molar-refractivity contribution in [2.24, 2.45) is 0 Å². The average molecular weight is 353 g/mol. The quantitative estimate of drug-likeness (QED) is 0.847. The fourth-order valence-corrected chi connectivity index (χ4v) is 2.35. The highest BCUT2D eigenvalue weighted by Gasteiger charge is 2.32. The van der Waals surface area contributed by atoms with Crippen molar-refractivity contribution in [3.8, 4) is 17.2 Å². The molecule has 1 saturated carbocycles. The molecule has 0 bridgehead atoms. The smallest absolute Gasteiger partial charge is 0.477 e. The van der Waals surface area contributed by atoms with Crippen LogP contribution in [-0.2, 0) is 0 Å². The lowest BCUT2D eigenvalue weighted by atomic mass is 10.2. The number of benzene rings is 1. The molecule has 2 aromatic rings. The molecule has 0 saturated heterocycles. The van der Waals surface area contributed by atoms with Crippen LogP contribution >= 0.6 is 0 Å². The van der Waals surface area contributed by atoms with Crippen LogP contribution < -0.4 is 9.47 Å². The zero-order chi connectivity index (χ0) is 18.2. The highest BCUT2D eigenvalue weighted by Crippen LogP contribution is 2.41. The van der Waals surface area contributed by atoms with Crippen molar-refractivity contribution in [3.05, 3.63) is 47.3 Å². The molecule has 0 spiro atoms. The van der Waals surface area contributed by atoms with E-state index in [-0.39, 0.29) is 28.4 Å². The lowest BCUT2D eigenvalue weighted by molar-refractivity contribution is -0.274. The lowest BCUT2D eigenvalue weighted by Gasteiger charge is -2.14. The summed E-state index contributed by atoms with van der Waals surface area (Å²) in [4.78, 5) is 15.5. The van der Waals surface area contributed by atoms with Crippen LogP contribution in [0.25, 0.3) is 0 Å². The van der Waals surface area contributed by atoms with Crippen LogP contribution in [0.5, 0.6) is 17.2 Å². The number of aromatic carboxylic acids is 1. The minimum Gasteiger partial charge on any atom is -0.477 e. The van der Waals surface area contributed by atoms with Crippen molar-refractivity contribution in [2.45, 2.75) is 32.0 Å². The van der Waals surface area contributed by atoms with Crippen molar-refractivity contribution >= 4 is 5.97 Å². The first kappa shape index (κ1) is 17.1.